The van der Waals surface area contributed by atoms with Crippen molar-refractivity contribution < 1.29 is 18.7 Å². The molecule has 1 aromatic heterocycles. The second kappa shape index (κ2) is 7.49. The van der Waals surface area contributed by atoms with Crippen molar-refractivity contribution in [1.29, 1.82) is 0 Å². The zero-order valence-electron chi connectivity index (χ0n) is 14.0. The normalized spacial score (nSPS) is 10.7. The Morgan fingerprint density at radius 1 is 1.24 bits per heavy atom. The number of hydrogen-bond donors (Lipinski definition) is 1. The molecule has 0 unspecified atom stereocenters. The van der Waals surface area contributed by atoms with Gasteiger partial charge in [-0.15, -0.1) is 0 Å². The van der Waals surface area contributed by atoms with Crippen LogP contribution in [0.15, 0.2) is 46.9 Å². The third-order valence-electron chi connectivity index (χ3n) is 3.78. The van der Waals surface area contributed by atoms with Crippen LogP contribution in [0.25, 0.3) is 11.0 Å². The minimum Gasteiger partial charge on any atom is -0.495 e. The molecule has 0 bridgehead atoms. The zero-order valence-corrected chi connectivity index (χ0v) is 14.7. The number of furan rings is 1. The molecule has 0 radical (unpaired) electrons. The van der Waals surface area contributed by atoms with Crippen LogP contribution in [0.5, 0.6) is 5.75 Å². The average molecular weight is 360 g/mol. The smallest absolute Gasteiger partial charge is 0.374 e. The molecule has 25 heavy (non-hydrogen) atoms. The van der Waals surface area contributed by atoms with Gasteiger partial charge >= 0.3 is 5.97 Å². The lowest BCUT2D eigenvalue weighted by molar-refractivity contribution is 0.0491. The third kappa shape index (κ3) is 3.56. The topological polar surface area (TPSA) is 60.7 Å². The molecule has 0 fully saturated rings. The largest absolute Gasteiger partial charge is 0.495 e. The number of para-hydroxylation sites is 2. The van der Waals surface area contributed by atoms with E-state index in [-0.39, 0.29) is 12.4 Å². The molecule has 6 heteroatoms. The zero-order chi connectivity index (χ0) is 17.8. The van der Waals surface area contributed by atoms with Crippen molar-refractivity contribution in [3.05, 3.63) is 58.8 Å². The fourth-order valence-electron chi connectivity index (χ4n) is 2.63. The van der Waals surface area contributed by atoms with Crippen LogP contribution in [-0.4, -0.2) is 19.7 Å². The van der Waals surface area contributed by atoms with Gasteiger partial charge in [0.2, 0.25) is 5.76 Å². The summed E-state index contributed by atoms with van der Waals surface area (Å²) in [6.07, 6.45) is 0. The number of fused-ring (bicyclic) bond motifs is 1. The highest BCUT2D eigenvalue weighted by Gasteiger charge is 2.22. The summed E-state index contributed by atoms with van der Waals surface area (Å²) in [6.45, 7) is 2.39. The Bertz CT molecular complexity index is 904. The number of hydrogen-bond acceptors (Lipinski definition) is 5. The highest BCUT2D eigenvalue weighted by Crippen LogP contribution is 2.31. The number of benzene rings is 2. The molecular formula is C19H18ClNO4. The fraction of sp³-hybridized carbons (Fsp3) is 0.211. The second-order valence-electron chi connectivity index (χ2n) is 5.32. The van der Waals surface area contributed by atoms with Crippen LogP contribution in [0.4, 0.5) is 5.69 Å². The lowest BCUT2D eigenvalue weighted by Crippen LogP contribution is -2.09. The Balaban J connectivity index is 1.99. The number of methoxy groups -OCH3 is 1. The molecule has 0 saturated carbocycles. The van der Waals surface area contributed by atoms with Crippen LogP contribution in [-0.2, 0) is 11.3 Å². The number of ether oxygens (including phenoxy) is 2. The lowest BCUT2D eigenvalue weighted by Gasteiger charge is -2.11. The summed E-state index contributed by atoms with van der Waals surface area (Å²) < 4.78 is 16.2. The maximum absolute atomic E-state index is 12.3. The first-order valence-electron chi connectivity index (χ1n) is 7.89. The molecule has 0 spiro atoms. The van der Waals surface area contributed by atoms with Gasteiger partial charge in [0.05, 0.1) is 19.4 Å². The first kappa shape index (κ1) is 17.2. The van der Waals surface area contributed by atoms with E-state index < -0.39 is 5.97 Å². The van der Waals surface area contributed by atoms with Gasteiger partial charge in [-0.25, -0.2) is 4.79 Å². The highest BCUT2D eigenvalue weighted by molar-refractivity contribution is 6.31. The molecule has 1 heterocycles. The molecule has 0 atom stereocenters. The van der Waals surface area contributed by atoms with Crippen molar-refractivity contribution >= 4 is 34.2 Å². The molecule has 0 aliphatic rings. The quantitative estimate of drug-likeness (QED) is 0.635. The van der Waals surface area contributed by atoms with Gasteiger partial charge in [0.25, 0.3) is 0 Å². The lowest BCUT2D eigenvalue weighted by atomic mass is 10.1. The van der Waals surface area contributed by atoms with Gasteiger partial charge in [-0.3, -0.25) is 0 Å². The molecule has 3 aromatic rings. The van der Waals surface area contributed by atoms with Gasteiger partial charge in [0, 0.05) is 22.5 Å². The first-order valence-corrected chi connectivity index (χ1v) is 8.26. The van der Waals surface area contributed by atoms with E-state index >= 15 is 0 Å². The monoisotopic (exact) mass is 359 g/mol. The SMILES string of the molecule is CCOC(=O)c1oc2ccc(Cl)cc2c1CNc1ccccc1OC. The van der Waals surface area contributed by atoms with E-state index in [0.717, 1.165) is 11.1 Å². The van der Waals surface area contributed by atoms with Gasteiger partial charge in [0.1, 0.15) is 11.3 Å². The summed E-state index contributed by atoms with van der Waals surface area (Å²) in [5.41, 5.74) is 2.10. The predicted molar refractivity (Wildman–Crippen MR) is 97.5 cm³/mol. The Labute approximate surface area is 150 Å². The highest BCUT2D eigenvalue weighted by atomic mass is 35.5. The number of esters is 1. The van der Waals surface area contributed by atoms with Crippen LogP contribution in [0, 0.1) is 0 Å². The summed E-state index contributed by atoms with van der Waals surface area (Å²) in [4.78, 5) is 12.3. The van der Waals surface area contributed by atoms with Crippen molar-refractivity contribution in [3.8, 4) is 5.75 Å². The van der Waals surface area contributed by atoms with Crippen molar-refractivity contribution in [1.82, 2.24) is 0 Å². The van der Waals surface area contributed by atoms with Crippen molar-refractivity contribution in [3.63, 3.8) is 0 Å². The number of anilines is 1. The minimum atomic E-state index is -0.494. The van der Waals surface area contributed by atoms with Gasteiger partial charge in [0.15, 0.2) is 0 Å². The summed E-state index contributed by atoms with van der Waals surface area (Å²) in [6, 6.07) is 12.8. The van der Waals surface area contributed by atoms with E-state index in [1.807, 2.05) is 24.3 Å². The summed E-state index contributed by atoms with van der Waals surface area (Å²) in [7, 11) is 1.61. The molecule has 5 nitrogen and oxygen atoms in total. The predicted octanol–water partition coefficient (Wildman–Crippen LogP) is 4.88. The number of halogens is 1. The van der Waals surface area contributed by atoms with E-state index in [0.29, 0.717) is 28.5 Å². The van der Waals surface area contributed by atoms with Crippen molar-refractivity contribution in [2.24, 2.45) is 0 Å². The van der Waals surface area contributed by atoms with Crippen molar-refractivity contribution in [2.45, 2.75) is 13.5 Å². The first-order chi connectivity index (χ1) is 12.1. The maximum atomic E-state index is 12.3. The van der Waals surface area contributed by atoms with E-state index in [1.54, 1.807) is 32.2 Å². The molecule has 0 saturated heterocycles. The summed E-state index contributed by atoms with van der Waals surface area (Å²) >= 11 is 6.11. The summed E-state index contributed by atoms with van der Waals surface area (Å²) in [5, 5.41) is 4.63. The molecule has 2 aromatic carbocycles. The Hall–Kier alpha value is -2.66. The molecule has 0 aliphatic heterocycles. The van der Waals surface area contributed by atoms with E-state index in [2.05, 4.69) is 5.32 Å². The summed E-state index contributed by atoms with van der Waals surface area (Å²) in [5.74, 6) is 0.402. The van der Waals surface area contributed by atoms with Gasteiger partial charge in [-0.2, -0.15) is 0 Å². The van der Waals surface area contributed by atoms with Gasteiger partial charge in [-0.1, -0.05) is 23.7 Å². The standard InChI is InChI=1S/C19H18ClNO4/c1-3-24-19(22)18-14(13-10-12(20)8-9-16(13)25-18)11-21-15-6-4-5-7-17(15)23-2/h4-10,21H,3,11H2,1-2H3. The molecular weight excluding hydrogens is 342 g/mol. The van der Waals surface area contributed by atoms with Crippen LogP contribution >= 0.6 is 11.6 Å². The third-order valence-corrected chi connectivity index (χ3v) is 4.01. The molecule has 3 rings (SSSR count). The number of nitrogens with one attached hydrogen (secondary N) is 1. The van der Waals surface area contributed by atoms with Crippen LogP contribution in [0.2, 0.25) is 5.02 Å². The molecule has 0 aliphatic carbocycles. The Morgan fingerprint density at radius 2 is 2.04 bits per heavy atom. The fourth-order valence-corrected chi connectivity index (χ4v) is 2.80. The molecule has 1 N–H and O–H groups in total. The van der Waals surface area contributed by atoms with Crippen LogP contribution in [0.1, 0.15) is 23.0 Å². The van der Waals surface area contributed by atoms with Gasteiger partial charge < -0.3 is 19.2 Å². The molecule has 130 valence electrons. The minimum absolute atomic E-state index is 0.182. The van der Waals surface area contributed by atoms with Crippen molar-refractivity contribution in [2.75, 3.05) is 19.0 Å². The Kier molecular flexibility index (Phi) is 5.14. The number of carbonyl (C=O) groups excluding carboxylic acids is 1. The molecule has 0 amide bonds. The number of carbonyl (C=O) groups is 1. The van der Waals surface area contributed by atoms with Gasteiger partial charge in [-0.05, 0) is 37.3 Å². The average Bonchev–Trinajstić information content (AvgIpc) is 2.98. The van der Waals surface area contributed by atoms with Crippen LogP contribution in [0.3, 0.4) is 0 Å². The van der Waals surface area contributed by atoms with E-state index in [4.69, 9.17) is 25.5 Å². The maximum Gasteiger partial charge on any atom is 0.374 e. The second-order valence-corrected chi connectivity index (χ2v) is 5.76. The van der Waals surface area contributed by atoms with E-state index in [1.165, 1.54) is 0 Å². The van der Waals surface area contributed by atoms with E-state index in [9.17, 15) is 4.79 Å². The Morgan fingerprint density at radius 3 is 2.80 bits per heavy atom. The number of rotatable bonds is 6. The van der Waals surface area contributed by atoms with Crippen LogP contribution < -0.4 is 10.1 Å².